The van der Waals surface area contributed by atoms with E-state index in [1.54, 1.807) is 7.11 Å². The SMILES string of the molecule is COc1ccc2ccccc2c1-c1cc(CN=C(N)NC(C)(C)C)on1. The lowest BCUT2D eigenvalue weighted by Crippen LogP contribution is -2.44. The highest BCUT2D eigenvalue weighted by Gasteiger charge is 2.15. The molecular weight excluding hydrogens is 328 g/mol. The minimum absolute atomic E-state index is 0.142. The number of fused-ring (bicyclic) bond motifs is 1. The summed E-state index contributed by atoms with van der Waals surface area (Å²) in [5.74, 6) is 1.76. The number of guanidine groups is 1. The molecule has 2 aromatic carbocycles. The first kappa shape index (κ1) is 17.8. The smallest absolute Gasteiger partial charge is 0.189 e. The van der Waals surface area contributed by atoms with Crippen LogP contribution in [0.25, 0.3) is 22.0 Å². The van der Waals surface area contributed by atoms with Gasteiger partial charge in [-0.15, -0.1) is 0 Å². The van der Waals surface area contributed by atoms with E-state index in [4.69, 9.17) is 15.0 Å². The molecule has 3 aromatic rings. The number of benzene rings is 2. The van der Waals surface area contributed by atoms with Crippen LogP contribution in [0.2, 0.25) is 0 Å². The molecule has 6 nitrogen and oxygen atoms in total. The number of aromatic nitrogens is 1. The van der Waals surface area contributed by atoms with Gasteiger partial charge in [-0.05, 0) is 37.6 Å². The van der Waals surface area contributed by atoms with Crippen LogP contribution in [0, 0.1) is 0 Å². The van der Waals surface area contributed by atoms with Gasteiger partial charge in [-0.25, -0.2) is 4.99 Å². The van der Waals surface area contributed by atoms with Crippen LogP contribution in [0.4, 0.5) is 0 Å². The average Bonchev–Trinajstić information content (AvgIpc) is 3.06. The van der Waals surface area contributed by atoms with Crippen molar-refractivity contribution in [2.75, 3.05) is 7.11 Å². The summed E-state index contributed by atoms with van der Waals surface area (Å²) in [6.45, 7) is 6.38. The highest BCUT2D eigenvalue weighted by Crippen LogP contribution is 2.36. The lowest BCUT2D eigenvalue weighted by molar-refractivity contribution is 0.385. The van der Waals surface area contributed by atoms with E-state index >= 15 is 0 Å². The van der Waals surface area contributed by atoms with E-state index in [1.807, 2.05) is 57.2 Å². The maximum atomic E-state index is 5.90. The monoisotopic (exact) mass is 352 g/mol. The zero-order chi connectivity index (χ0) is 18.7. The first-order chi connectivity index (χ1) is 12.4. The highest BCUT2D eigenvalue weighted by molar-refractivity contribution is 5.98. The second kappa shape index (κ2) is 7.07. The van der Waals surface area contributed by atoms with E-state index in [-0.39, 0.29) is 5.54 Å². The van der Waals surface area contributed by atoms with Crippen LogP contribution in [-0.4, -0.2) is 23.8 Å². The van der Waals surface area contributed by atoms with Crippen LogP contribution >= 0.6 is 0 Å². The average molecular weight is 352 g/mol. The molecule has 3 N–H and O–H groups in total. The number of hydrogen-bond donors (Lipinski definition) is 2. The van der Waals surface area contributed by atoms with Gasteiger partial charge in [0.1, 0.15) is 18.0 Å². The topological polar surface area (TPSA) is 85.7 Å². The Bertz CT molecular complexity index is 938. The molecular formula is C20H24N4O2. The number of aliphatic imine (C=N–C) groups is 1. The molecule has 0 unspecified atom stereocenters. The van der Waals surface area contributed by atoms with Crippen molar-refractivity contribution in [1.82, 2.24) is 10.5 Å². The molecule has 0 saturated heterocycles. The van der Waals surface area contributed by atoms with Crippen LogP contribution in [0.15, 0.2) is 52.0 Å². The summed E-state index contributed by atoms with van der Waals surface area (Å²) < 4.78 is 11.0. The van der Waals surface area contributed by atoms with Gasteiger partial charge < -0.3 is 20.3 Å². The fourth-order valence-corrected chi connectivity index (χ4v) is 2.78. The summed E-state index contributed by atoms with van der Waals surface area (Å²) in [4.78, 5) is 4.31. The Kier molecular flexibility index (Phi) is 4.84. The second-order valence-electron chi connectivity index (χ2n) is 7.12. The summed E-state index contributed by atoms with van der Waals surface area (Å²) in [5.41, 5.74) is 7.38. The predicted molar refractivity (Wildman–Crippen MR) is 104 cm³/mol. The highest BCUT2D eigenvalue weighted by atomic mass is 16.5. The lowest BCUT2D eigenvalue weighted by atomic mass is 10.0. The van der Waals surface area contributed by atoms with Crippen LogP contribution in [0.1, 0.15) is 26.5 Å². The molecule has 0 bridgehead atoms. The number of methoxy groups -OCH3 is 1. The van der Waals surface area contributed by atoms with Crippen LogP contribution < -0.4 is 15.8 Å². The zero-order valence-electron chi connectivity index (χ0n) is 15.5. The van der Waals surface area contributed by atoms with E-state index in [9.17, 15) is 0 Å². The van der Waals surface area contributed by atoms with Crippen molar-refractivity contribution in [1.29, 1.82) is 0 Å². The maximum Gasteiger partial charge on any atom is 0.189 e. The fraction of sp³-hybridized carbons (Fsp3) is 0.300. The Balaban J connectivity index is 1.91. The van der Waals surface area contributed by atoms with Gasteiger partial charge in [-0.1, -0.05) is 35.5 Å². The van der Waals surface area contributed by atoms with Gasteiger partial charge in [0.15, 0.2) is 11.7 Å². The maximum absolute atomic E-state index is 5.90. The van der Waals surface area contributed by atoms with E-state index in [1.165, 1.54) is 0 Å². The van der Waals surface area contributed by atoms with E-state index < -0.39 is 0 Å². The molecule has 6 heteroatoms. The Labute approximate surface area is 153 Å². The van der Waals surface area contributed by atoms with Gasteiger partial charge in [-0.2, -0.15) is 0 Å². The van der Waals surface area contributed by atoms with Crippen molar-refractivity contribution in [2.24, 2.45) is 10.7 Å². The minimum atomic E-state index is -0.142. The van der Waals surface area contributed by atoms with E-state index in [0.29, 0.717) is 24.0 Å². The zero-order valence-corrected chi connectivity index (χ0v) is 15.5. The van der Waals surface area contributed by atoms with Crippen LogP contribution in [-0.2, 0) is 6.54 Å². The van der Waals surface area contributed by atoms with Gasteiger partial charge in [0.2, 0.25) is 0 Å². The van der Waals surface area contributed by atoms with Crippen molar-refractivity contribution in [3.63, 3.8) is 0 Å². The molecule has 136 valence electrons. The van der Waals surface area contributed by atoms with Crippen LogP contribution in [0.5, 0.6) is 5.75 Å². The van der Waals surface area contributed by atoms with E-state index in [0.717, 1.165) is 22.1 Å². The number of hydrogen-bond acceptors (Lipinski definition) is 4. The first-order valence-electron chi connectivity index (χ1n) is 8.47. The minimum Gasteiger partial charge on any atom is -0.496 e. The predicted octanol–water partition coefficient (Wildman–Crippen LogP) is 3.71. The lowest BCUT2D eigenvalue weighted by Gasteiger charge is -2.20. The molecule has 0 aliphatic rings. The number of nitrogens with zero attached hydrogens (tertiary/aromatic N) is 2. The number of rotatable bonds is 4. The Morgan fingerprint density at radius 1 is 1.23 bits per heavy atom. The standard InChI is InChI=1S/C20H24N4O2/c1-20(2,3)23-19(21)22-12-14-11-16(24-26-14)18-15-8-6-5-7-13(15)9-10-17(18)25-4/h5-11H,12H2,1-4H3,(H3,21,22,23). The molecule has 1 aromatic heterocycles. The van der Waals surface area contributed by atoms with Crippen LogP contribution in [0.3, 0.4) is 0 Å². The Morgan fingerprint density at radius 2 is 2.00 bits per heavy atom. The molecule has 0 aliphatic heterocycles. The van der Waals surface area contributed by atoms with Crippen molar-refractivity contribution < 1.29 is 9.26 Å². The molecule has 0 aliphatic carbocycles. The quantitative estimate of drug-likeness (QED) is 0.552. The number of ether oxygens (including phenoxy) is 1. The van der Waals surface area contributed by atoms with Crippen molar-refractivity contribution in [3.05, 3.63) is 48.2 Å². The first-order valence-corrected chi connectivity index (χ1v) is 8.47. The van der Waals surface area contributed by atoms with Gasteiger partial charge in [0.25, 0.3) is 0 Å². The summed E-state index contributed by atoms with van der Waals surface area (Å²) >= 11 is 0. The molecule has 0 spiro atoms. The summed E-state index contributed by atoms with van der Waals surface area (Å²) in [6, 6.07) is 13.9. The third-order valence-electron chi connectivity index (χ3n) is 3.83. The Hall–Kier alpha value is -3.02. The normalized spacial score (nSPS) is 12.4. The fourth-order valence-electron chi connectivity index (χ4n) is 2.78. The van der Waals surface area contributed by atoms with Crippen molar-refractivity contribution in [3.8, 4) is 17.0 Å². The number of nitrogens with two attached hydrogens (primary N) is 1. The largest absolute Gasteiger partial charge is 0.496 e. The third-order valence-corrected chi connectivity index (χ3v) is 3.83. The van der Waals surface area contributed by atoms with Crippen molar-refractivity contribution in [2.45, 2.75) is 32.9 Å². The van der Waals surface area contributed by atoms with Gasteiger partial charge in [-0.3, -0.25) is 0 Å². The van der Waals surface area contributed by atoms with Gasteiger partial charge in [0, 0.05) is 11.6 Å². The van der Waals surface area contributed by atoms with Gasteiger partial charge >= 0.3 is 0 Å². The summed E-state index contributed by atoms with van der Waals surface area (Å²) in [5, 5.41) is 9.50. The van der Waals surface area contributed by atoms with Crippen molar-refractivity contribution >= 4 is 16.7 Å². The molecule has 0 atom stereocenters. The molecule has 0 saturated carbocycles. The summed E-state index contributed by atoms with van der Waals surface area (Å²) in [6.07, 6.45) is 0. The van der Waals surface area contributed by atoms with E-state index in [2.05, 4.69) is 21.5 Å². The second-order valence-corrected chi connectivity index (χ2v) is 7.12. The number of nitrogens with one attached hydrogen (secondary N) is 1. The summed E-state index contributed by atoms with van der Waals surface area (Å²) in [7, 11) is 1.65. The molecule has 0 fully saturated rings. The Morgan fingerprint density at radius 3 is 2.73 bits per heavy atom. The third kappa shape index (κ3) is 3.96. The molecule has 1 heterocycles. The molecule has 0 radical (unpaired) electrons. The molecule has 26 heavy (non-hydrogen) atoms. The molecule has 3 rings (SSSR count). The van der Waals surface area contributed by atoms with Gasteiger partial charge in [0.05, 0.1) is 12.7 Å². The molecule has 0 amide bonds.